The number of halogens is 1. The summed E-state index contributed by atoms with van der Waals surface area (Å²) in [5.74, 6) is -0.569. The number of aromatic hydroxyl groups is 1. The molecule has 0 bridgehead atoms. The van der Waals surface area contributed by atoms with Crippen molar-refractivity contribution >= 4 is 17.7 Å². The number of fused-ring (bicyclic) bond motifs is 1. The standard InChI is InChI=1S/C30H39FN4O5/c1-18-17-33-27(22-8-9-22)30(39)35(3)19(2)28(37)34-25(15-20-6-11-23(31)12-7-20)29(38)32-14-4-5-21-10-13-24(36)16-26(21)40-18/h6-7,10-13,16,18-19,22,25,27,33,36H,4-5,8-9,14-15,17H2,1-3H3,(H,32,38)(H,34,37)/t18-,19-,25-,27+/m1/s1. The lowest BCUT2D eigenvalue weighted by atomic mass is 10.0. The number of benzene rings is 2. The number of nitrogens with zero attached hydrogens (tertiary/aromatic N) is 1. The van der Waals surface area contributed by atoms with Gasteiger partial charge >= 0.3 is 0 Å². The number of ether oxygens (including phenoxy) is 1. The van der Waals surface area contributed by atoms with Gasteiger partial charge in [0.25, 0.3) is 0 Å². The minimum Gasteiger partial charge on any atom is -0.508 e. The summed E-state index contributed by atoms with van der Waals surface area (Å²) in [7, 11) is 1.59. The van der Waals surface area contributed by atoms with Crippen LogP contribution in [0.15, 0.2) is 42.5 Å². The number of carbonyl (C=O) groups excluding carboxylic acids is 3. The minimum absolute atomic E-state index is 0.0929. The highest BCUT2D eigenvalue weighted by Crippen LogP contribution is 2.34. The quantitative estimate of drug-likeness (QED) is 0.462. The summed E-state index contributed by atoms with van der Waals surface area (Å²) in [6.45, 7) is 4.29. The summed E-state index contributed by atoms with van der Waals surface area (Å²) >= 11 is 0. The molecule has 0 spiro atoms. The van der Waals surface area contributed by atoms with Crippen LogP contribution in [-0.2, 0) is 27.2 Å². The molecule has 0 saturated heterocycles. The van der Waals surface area contributed by atoms with E-state index in [2.05, 4.69) is 16.0 Å². The second-order valence-corrected chi connectivity index (χ2v) is 10.9. The summed E-state index contributed by atoms with van der Waals surface area (Å²) in [5, 5.41) is 19.1. The molecule has 10 heteroatoms. The maximum Gasteiger partial charge on any atom is 0.243 e. The first-order chi connectivity index (χ1) is 19.1. The average Bonchev–Trinajstić information content (AvgIpc) is 3.76. The van der Waals surface area contributed by atoms with Gasteiger partial charge in [-0.15, -0.1) is 0 Å². The number of amides is 3. The number of carbonyl (C=O) groups is 3. The van der Waals surface area contributed by atoms with E-state index in [4.69, 9.17) is 4.74 Å². The molecule has 1 heterocycles. The van der Waals surface area contributed by atoms with Crippen molar-refractivity contribution < 1.29 is 28.6 Å². The predicted molar refractivity (Wildman–Crippen MR) is 148 cm³/mol. The topological polar surface area (TPSA) is 120 Å². The van der Waals surface area contributed by atoms with Crippen molar-refractivity contribution in [2.45, 2.75) is 70.2 Å². The first kappa shape index (κ1) is 29.3. The van der Waals surface area contributed by atoms with Gasteiger partial charge in [0, 0.05) is 32.6 Å². The second kappa shape index (κ2) is 13.1. The van der Waals surface area contributed by atoms with Crippen molar-refractivity contribution in [2.24, 2.45) is 5.92 Å². The first-order valence-corrected chi connectivity index (χ1v) is 13.9. The van der Waals surface area contributed by atoms with E-state index in [1.54, 1.807) is 44.3 Å². The summed E-state index contributed by atoms with van der Waals surface area (Å²) in [5.41, 5.74) is 1.58. The largest absolute Gasteiger partial charge is 0.508 e. The van der Waals surface area contributed by atoms with Crippen LogP contribution >= 0.6 is 0 Å². The maximum absolute atomic E-state index is 13.5. The van der Waals surface area contributed by atoms with Gasteiger partial charge in [0.05, 0.1) is 6.04 Å². The number of aryl methyl sites for hydroxylation is 1. The Hall–Kier alpha value is -3.66. The zero-order valence-electron chi connectivity index (χ0n) is 23.3. The molecule has 2 aromatic carbocycles. The Morgan fingerprint density at radius 2 is 1.77 bits per heavy atom. The number of phenolic OH excluding ortho intramolecular Hbond substituents is 1. The molecule has 4 rings (SSSR count). The molecule has 3 amide bonds. The summed E-state index contributed by atoms with van der Waals surface area (Å²) < 4.78 is 19.6. The van der Waals surface area contributed by atoms with E-state index in [1.165, 1.54) is 17.0 Å². The van der Waals surface area contributed by atoms with Crippen molar-refractivity contribution in [3.63, 3.8) is 0 Å². The molecule has 1 fully saturated rings. The van der Waals surface area contributed by atoms with Crippen LogP contribution in [0, 0.1) is 11.7 Å². The molecule has 1 saturated carbocycles. The Kier molecular flexibility index (Phi) is 9.63. The van der Waals surface area contributed by atoms with Crippen molar-refractivity contribution in [1.82, 2.24) is 20.9 Å². The summed E-state index contributed by atoms with van der Waals surface area (Å²) in [6, 6.07) is 8.58. The molecule has 216 valence electrons. The lowest BCUT2D eigenvalue weighted by Crippen LogP contribution is -2.57. The molecule has 0 radical (unpaired) electrons. The van der Waals surface area contributed by atoms with E-state index >= 15 is 0 Å². The SMILES string of the molecule is C[C@@H]1CN[C@@H](C2CC2)C(=O)N(C)[C@H](C)C(=O)N[C@H](Cc2ccc(F)cc2)C(=O)NCCCc2ccc(O)cc2O1. The van der Waals surface area contributed by atoms with Crippen LogP contribution in [0.3, 0.4) is 0 Å². The third-order valence-corrected chi connectivity index (χ3v) is 7.58. The Bertz CT molecular complexity index is 1200. The Balaban J connectivity index is 1.58. The molecular weight excluding hydrogens is 515 g/mol. The monoisotopic (exact) mass is 554 g/mol. The van der Waals surface area contributed by atoms with E-state index in [1.807, 2.05) is 6.92 Å². The maximum atomic E-state index is 13.5. The number of hydrogen-bond acceptors (Lipinski definition) is 6. The fourth-order valence-electron chi connectivity index (χ4n) is 4.85. The third-order valence-electron chi connectivity index (χ3n) is 7.58. The number of nitrogens with one attached hydrogen (secondary N) is 3. The Labute approximate surface area is 234 Å². The molecule has 2 aromatic rings. The fourth-order valence-corrected chi connectivity index (χ4v) is 4.85. The smallest absolute Gasteiger partial charge is 0.243 e. The zero-order valence-corrected chi connectivity index (χ0v) is 23.3. The highest BCUT2D eigenvalue weighted by atomic mass is 19.1. The van der Waals surface area contributed by atoms with E-state index in [9.17, 15) is 23.9 Å². The molecule has 0 aromatic heterocycles. The van der Waals surface area contributed by atoms with Gasteiger partial charge in [0.1, 0.15) is 35.5 Å². The Morgan fingerprint density at radius 1 is 1.05 bits per heavy atom. The van der Waals surface area contributed by atoms with Gasteiger partial charge in [-0.05, 0) is 74.8 Å². The van der Waals surface area contributed by atoms with Crippen LogP contribution in [-0.4, -0.2) is 72.1 Å². The molecule has 9 nitrogen and oxygen atoms in total. The van der Waals surface area contributed by atoms with Crippen molar-refractivity contribution in [1.29, 1.82) is 0 Å². The number of phenols is 1. The van der Waals surface area contributed by atoms with E-state index < -0.39 is 24.0 Å². The zero-order chi connectivity index (χ0) is 28.8. The van der Waals surface area contributed by atoms with Crippen molar-refractivity contribution in [2.75, 3.05) is 20.1 Å². The summed E-state index contributed by atoms with van der Waals surface area (Å²) in [4.78, 5) is 41.4. The van der Waals surface area contributed by atoms with Gasteiger partial charge in [0.2, 0.25) is 17.7 Å². The van der Waals surface area contributed by atoms with Crippen LogP contribution in [0.5, 0.6) is 11.5 Å². The minimum atomic E-state index is -0.909. The van der Waals surface area contributed by atoms with Crippen LogP contribution in [0.25, 0.3) is 0 Å². The van der Waals surface area contributed by atoms with Crippen LogP contribution < -0.4 is 20.7 Å². The lowest BCUT2D eigenvalue weighted by molar-refractivity contribution is -0.141. The number of hydrogen-bond donors (Lipinski definition) is 4. The predicted octanol–water partition coefficient (Wildman–Crippen LogP) is 2.30. The fraction of sp³-hybridized carbons (Fsp3) is 0.500. The van der Waals surface area contributed by atoms with Crippen LogP contribution in [0.1, 0.15) is 44.2 Å². The van der Waals surface area contributed by atoms with E-state index in [0.717, 1.165) is 18.4 Å². The van der Waals surface area contributed by atoms with E-state index in [-0.39, 0.29) is 41.8 Å². The van der Waals surface area contributed by atoms with Gasteiger partial charge in [-0.3, -0.25) is 14.4 Å². The van der Waals surface area contributed by atoms with E-state index in [0.29, 0.717) is 37.2 Å². The highest BCUT2D eigenvalue weighted by molar-refractivity contribution is 5.93. The molecule has 1 aliphatic heterocycles. The lowest BCUT2D eigenvalue weighted by Gasteiger charge is -2.31. The van der Waals surface area contributed by atoms with Gasteiger partial charge in [-0.25, -0.2) is 4.39 Å². The molecule has 0 unspecified atom stereocenters. The first-order valence-electron chi connectivity index (χ1n) is 13.9. The molecule has 40 heavy (non-hydrogen) atoms. The van der Waals surface area contributed by atoms with Crippen molar-refractivity contribution in [3.8, 4) is 11.5 Å². The number of likely N-dealkylation sites (N-methyl/N-ethyl adjacent to an activating group) is 1. The van der Waals surface area contributed by atoms with Gasteiger partial charge in [-0.1, -0.05) is 18.2 Å². The van der Waals surface area contributed by atoms with Gasteiger partial charge in [0.15, 0.2) is 0 Å². The third kappa shape index (κ3) is 7.71. The molecular formula is C30H39FN4O5. The van der Waals surface area contributed by atoms with Crippen LogP contribution in [0.2, 0.25) is 0 Å². The number of rotatable bonds is 3. The Morgan fingerprint density at radius 3 is 2.48 bits per heavy atom. The molecule has 1 aliphatic carbocycles. The average molecular weight is 555 g/mol. The molecule has 2 aliphatic rings. The van der Waals surface area contributed by atoms with Crippen molar-refractivity contribution in [3.05, 3.63) is 59.4 Å². The van der Waals surface area contributed by atoms with Gasteiger partial charge in [-0.2, -0.15) is 0 Å². The summed E-state index contributed by atoms with van der Waals surface area (Å²) in [6.07, 6.45) is 2.92. The van der Waals surface area contributed by atoms with Gasteiger partial charge < -0.3 is 30.7 Å². The molecule has 4 atom stereocenters. The normalized spacial score (nSPS) is 25.6. The second-order valence-electron chi connectivity index (χ2n) is 10.9. The highest BCUT2D eigenvalue weighted by Gasteiger charge is 2.39. The van der Waals surface area contributed by atoms with Crippen LogP contribution in [0.4, 0.5) is 4.39 Å². The molecule has 4 N–H and O–H groups in total.